The van der Waals surface area contributed by atoms with Gasteiger partial charge in [-0.25, -0.2) is 0 Å². The van der Waals surface area contributed by atoms with Gasteiger partial charge in [0.1, 0.15) is 6.61 Å². The number of ether oxygens (including phenoxy) is 1. The molecule has 2 amide bonds. The zero-order valence-corrected chi connectivity index (χ0v) is 11.9. The van der Waals surface area contributed by atoms with E-state index in [1.165, 1.54) is 0 Å². The van der Waals surface area contributed by atoms with E-state index in [-0.39, 0.29) is 19.1 Å². The first-order valence-electron chi connectivity index (χ1n) is 5.70. The lowest BCUT2D eigenvalue weighted by molar-refractivity contribution is -0.122. The van der Waals surface area contributed by atoms with Crippen LogP contribution in [0.1, 0.15) is 0 Å². The largest absolute Gasteiger partial charge is 0.370 e. The molecule has 0 radical (unpaired) electrons. The van der Waals surface area contributed by atoms with Crippen LogP contribution in [0.15, 0.2) is 28.7 Å². The highest BCUT2D eigenvalue weighted by atomic mass is 79.9. The Morgan fingerprint density at radius 3 is 2.74 bits per heavy atom. The number of para-hydroxylation sites is 1. The van der Waals surface area contributed by atoms with Crippen molar-refractivity contribution < 1.29 is 14.3 Å². The number of anilines is 1. The number of rotatable bonds is 8. The summed E-state index contributed by atoms with van der Waals surface area (Å²) < 4.78 is 5.77. The first kappa shape index (κ1) is 15.6. The molecule has 0 unspecified atom stereocenters. The molecule has 1 rings (SSSR count). The molecule has 1 aromatic rings. The first-order chi connectivity index (χ1) is 9.09. The maximum absolute atomic E-state index is 11.6. The molecule has 0 aliphatic heterocycles. The SMILES string of the molecule is NC(=O)COCCNCC(=O)Nc1ccccc1Br. The molecule has 0 spiro atoms. The van der Waals surface area contributed by atoms with E-state index in [1.54, 1.807) is 6.07 Å². The van der Waals surface area contributed by atoms with Gasteiger partial charge in [-0.1, -0.05) is 12.1 Å². The Balaban J connectivity index is 2.15. The second-order valence-corrected chi connectivity index (χ2v) is 4.58. The maximum atomic E-state index is 11.6. The molecule has 4 N–H and O–H groups in total. The van der Waals surface area contributed by atoms with Gasteiger partial charge in [0.05, 0.1) is 18.8 Å². The molecule has 19 heavy (non-hydrogen) atoms. The summed E-state index contributed by atoms with van der Waals surface area (Å²) in [4.78, 5) is 22.0. The van der Waals surface area contributed by atoms with Crippen molar-refractivity contribution in [3.05, 3.63) is 28.7 Å². The van der Waals surface area contributed by atoms with Crippen molar-refractivity contribution in [3.63, 3.8) is 0 Å². The fraction of sp³-hybridized carbons (Fsp3) is 0.333. The van der Waals surface area contributed by atoms with E-state index in [0.29, 0.717) is 13.2 Å². The van der Waals surface area contributed by atoms with E-state index in [1.807, 2.05) is 18.2 Å². The lowest BCUT2D eigenvalue weighted by Crippen LogP contribution is -2.31. The minimum Gasteiger partial charge on any atom is -0.370 e. The van der Waals surface area contributed by atoms with Gasteiger partial charge in [-0.2, -0.15) is 0 Å². The molecule has 0 fully saturated rings. The van der Waals surface area contributed by atoms with Crippen molar-refractivity contribution in [2.45, 2.75) is 0 Å². The van der Waals surface area contributed by atoms with E-state index in [4.69, 9.17) is 10.5 Å². The highest BCUT2D eigenvalue weighted by Crippen LogP contribution is 2.20. The summed E-state index contributed by atoms with van der Waals surface area (Å²) in [5, 5.41) is 5.65. The molecule has 0 bridgehead atoms. The first-order valence-corrected chi connectivity index (χ1v) is 6.50. The zero-order chi connectivity index (χ0) is 14.1. The minimum absolute atomic E-state index is 0.106. The van der Waals surface area contributed by atoms with E-state index >= 15 is 0 Å². The van der Waals surface area contributed by atoms with Crippen molar-refractivity contribution in [2.24, 2.45) is 5.73 Å². The Bertz CT molecular complexity index is 440. The third kappa shape index (κ3) is 6.90. The quantitative estimate of drug-likeness (QED) is 0.605. The van der Waals surface area contributed by atoms with Crippen LogP contribution >= 0.6 is 15.9 Å². The van der Waals surface area contributed by atoms with Gasteiger partial charge in [0.15, 0.2) is 0 Å². The molecule has 0 aliphatic rings. The summed E-state index contributed by atoms with van der Waals surface area (Å²) in [6, 6.07) is 7.36. The second-order valence-electron chi connectivity index (χ2n) is 3.72. The fourth-order valence-electron chi connectivity index (χ4n) is 1.28. The number of nitrogens with one attached hydrogen (secondary N) is 2. The molecule has 0 aromatic heterocycles. The van der Waals surface area contributed by atoms with Crippen LogP contribution in [0.4, 0.5) is 5.69 Å². The summed E-state index contributed by atoms with van der Waals surface area (Å²) in [7, 11) is 0. The number of hydrogen-bond donors (Lipinski definition) is 3. The monoisotopic (exact) mass is 329 g/mol. The van der Waals surface area contributed by atoms with Gasteiger partial charge in [0.2, 0.25) is 11.8 Å². The number of hydrogen-bond acceptors (Lipinski definition) is 4. The number of carbonyl (C=O) groups excluding carboxylic acids is 2. The smallest absolute Gasteiger partial charge is 0.243 e. The van der Waals surface area contributed by atoms with Crippen molar-refractivity contribution in [1.29, 1.82) is 0 Å². The molecule has 0 saturated carbocycles. The van der Waals surface area contributed by atoms with Gasteiger partial charge < -0.3 is 21.1 Å². The molecular weight excluding hydrogens is 314 g/mol. The normalized spacial score (nSPS) is 10.2. The van der Waals surface area contributed by atoms with Crippen LogP contribution in [0, 0.1) is 0 Å². The van der Waals surface area contributed by atoms with Crippen LogP contribution in [0.2, 0.25) is 0 Å². The lowest BCUT2D eigenvalue weighted by Gasteiger charge is -2.08. The Hall–Kier alpha value is -1.44. The molecule has 0 heterocycles. The van der Waals surface area contributed by atoms with Crippen LogP contribution in [0.25, 0.3) is 0 Å². The number of carbonyl (C=O) groups is 2. The molecule has 6 nitrogen and oxygen atoms in total. The average molecular weight is 330 g/mol. The molecule has 0 atom stereocenters. The Morgan fingerprint density at radius 1 is 1.32 bits per heavy atom. The number of halogens is 1. The topological polar surface area (TPSA) is 93.5 Å². The summed E-state index contributed by atoms with van der Waals surface area (Å²) in [5.74, 6) is -0.659. The standard InChI is InChI=1S/C12H16BrN3O3/c13-9-3-1-2-4-10(9)16-12(18)7-15-5-6-19-8-11(14)17/h1-4,15H,5-8H2,(H2,14,17)(H,16,18). The van der Waals surface area contributed by atoms with E-state index in [0.717, 1.165) is 10.2 Å². The predicted molar refractivity (Wildman–Crippen MR) is 75.7 cm³/mol. The molecule has 1 aromatic carbocycles. The highest BCUT2D eigenvalue weighted by Gasteiger charge is 2.04. The second kappa shape index (κ2) is 8.63. The van der Waals surface area contributed by atoms with Crippen molar-refractivity contribution >= 4 is 33.4 Å². The minimum atomic E-state index is -0.508. The van der Waals surface area contributed by atoms with E-state index in [9.17, 15) is 9.59 Å². The molecule has 0 saturated heterocycles. The summed E-state index contributed by atoms with van der Waals surface area (Å²) in [6.07, 6.45) is 0. The number of amides is 2. The van der Waals surface area contributed by atoms with Gasteiger partial charge in [-0.15, -0.1) is 0 Å². The zero-order valence-electron chi connectivity index (χ0n) is 10.3. The Kier molecular flexibility index (Phi) is 7.09. The van der Waals surface area contributed by atoms with E-state index in [2.05, 4.69) is 26.6 Å². The maximum Gasteiger partial charge on any atom is 0.243 e. The van der Waals surface area contributed by atoms with E-state index < -0.39 is 5.91 Å². The highest BCUT2D eigenvalue weighted by molar-refractivity contribution is 9.10. The van der Waals surface area contributed by atoms with Gasteiger partial charge in [-0.05, 0) is 28.1 Å². The molecular formula is C12H16BrN3O3. The van der Waals surface area contributed by atoms with Crippen molar-refractivity contribution in [2.75, 3.05) is 31.6 Å². The van der Waals surface area contributed by atoms with Crippen LogP contribution in [-0.2, 0) is 14.3 Å². The number of primary amides is 1. The molecule has 104 valence electrons. The predicted octanol–water partition coefficient (Wildman–Crippen LogP) is 0.479. The van der Waals surface area contributed by atoms with Crippen molar-refractivity contribution in [3.8, 4) is 0 Å². The third-order valence-corrected chi connectivity index (χ3v) is 2.79. The van der Waals surface area contributed by atoms with Crippen LogP contribution < -0.4 is 16.4 Å². The van der Waals surface area contributed by atoms with Crippen LogP contribution in [-0.4, -0.2) is 38.1 Å². The number of benzene rings is 1. The fourth-order valence-corrected chi connectivity index (χ4v) is 1.66. The Morgan fingerprint density at radius 2 is 2.05 bits per heavy atom. The summed E-state index contributed by atoms with van der Waals surface area (Å²) in [5.41, 5.74) is 5.62. The average Bonchev–Trinajstić information content (AvgIpc) is 2.36. The lowest BCUT2D eigenvalue weighted by atomic mass is 10.3. The summed E-state index contributed by atoms with van der Waals surface area (Å²) >= 11 is 3.34. The van der Waals surface area contributed by atoms with Gasteiger partial charge in [0.25, 0.3) is 0 Å². The molecule has 7 heteroatoms. The van der Waals surface area contributed by atoms with Crippen molar-refractivity contribution in [1.82, 2.24) is 5.32 Å². The number of nitrogens with two attached hydrogens (primary N) is 1. The molecule has 0 aliphatic carbocycles. The van der Waals surface area contributed by atoms with Crippen LogP contribution in [0.5, 0.6) is 0 Å². The van der Waals surface area contributed by atoms with Gasteiger partial charge in [-0.3, -0.25) is 9.59 Å². The Labute approximate surface area is 119 Å². The summed E-state index contributed by atoms with van der Waals surface area (Å²) in [6.45, 7) is 0.855. The van der Waals surface area contributed by atoms with Gasteiger partial charge >= 0.3 is 0 Å². The van der Waals surface area contributed by atoms with Gasteiger partial charge in [0, 0.05) is 11.0 Å². The third-order valence-electron chi connectivity index (χ3n) is 2.10. The van der Waals surface area contributed by atoms with Crippen LogP contribution in [0.3, 0.4) is 0 Å².